The van der Waals surface area contributed by atoms with Gasteiger partial charge in [0, 0.05) is 55.4 Å². The van der Waals surface area contributed by atoms with E-state index in [9.17, 15) is 0 Å². The summed E-state index contributed by atoms with van der Waals surface area (Å²) in [5.74, 6) is 2.02. The first-order valence-corrected chi connectivity index (χ1v) is 13.3. The van der Waals surface area contributed by atoms with Crippen molar-refractivity contribution >= 4 is 23.0 Å². The topological polar surface area (TPSA) is 56.6 Å². The fourth-order valence-electron chi connectivity index (χ4n) is 4.92. The number of rotatable bonds is 9. The van der Waals surface area contributed by atoms with Crippen LogP contribution in [0.3, 0.4) is 0 Å². The molecule has 1 saturated carbocycles. The number of hydrogen-bond acceptors (Lipinski definition) is 5. The minimum atomic E-state index is 0.509. The maximum Gasteiger partial charge on any atom is 0.134 e. The summed E-state index contributed by atoms with van der Waals surface area (Å²) in [5, 5.41) is 3.62. The van der Waals surface area contributed by atoms with Gasteiger partial charge in [0.05, 0.1) is 11.4 Å². The zero-order chi connectivity index (χ0) is 25.6. The second-order valence-corrected chi connectivity index (χ2v) is 9.63. The average Bonchev–Trinajstić information content (AvgIpc) is 3.63. The lowest BCUT2D eigenvalue weighted by Crippen LogP contribution is -2.28. The predicted molar refractivity (Wildman–Crippen MR) is 155 cm³/mol. The van der Waals surface area contributed by atoms with E-state index in [0.29, 0.717) is 6.04 Å². The van der Waals surface area contributed by atoms with Gasteiger partial charge >= 0.3 is 0 Å². The molecule has 0 bridgehead atoms. The Labute approximate surface area is 220 Å². The van der Waals surface area contributed by atoms with Crippen molar-refractivity contribution in [2.24, 2.45) is 4.99 Å². The van der Waals surface area contributed by atoms with Crippen molar-refractivity contribution in [1.29, 1.82) is 0 Å². The smallest absolute Gasteiger partial charge is 0.134 e. The summed E-state index contributed by atoms with van der Waals surface area (Å²) < 4.78 is 0. The normalized spacial score (nSPS) is 16.1. The number of aromatic nitrogens is 2. The van der Waals surface area contributed by atoms with Crippen LogP contribution in [0.2, 0.25) is 0 Å². The van der Waals surface area contributed by atoms with Crippen molar-refractivity contribution in [2.45, 2.75) is 45.1 Å². The lowest BCUT2D eigenvalue weighted by Gasteiger charge is -2.22. The number of anilines is 2. The van der Waals surface area contributed by atoms with Gasteiger partial charge in [-0.25, -0.2) is 4.98 Å². The zero-order valence-corrected chi connectivity index (χ0v) is 21.9. The Morgan fingerprint density at radius 2 is 1.95 bits per heavy atom. The Hall–Kier alpha value is -3.93. The van der Waals surface area contributed by atoms with E-state index in [4.69, 9.17) is 9.97 Å². The Balaban J connectivity index is 1.37. The maximum absolute atomic E-state index is 4.74. The van der Waals surface area contributed by atoms with Gasteiger partial charge in [-0.05, 0) is 80.3 Å². The number of pyridine rings is 2. The van der Waals surface area contributed by atoms with Gasteiger partial charge in [0.15, 0.2) is 0 Å². The van der Waals surface area contributed by atoms with Gasteiger partial charge in [-0.3, -0.25) is 9.98 Å². The summed E-state index contributed by atoms with van der Waals surface area (Å²) in [7, 11) is 1.85. The van der Waals surface area contributed by atoms with Crippen molar-refractivity contribution in [1.82, 2.24) is 14.9 Å². The highest BCUT2D eigenvalue weighted by Gasteiger charge is 2.30. The van der Waals surface area contributed by atoms with Crippen molar-refractivity contribution in [3.05, 3.63) is 91.0 Å². The Morgan fingerprint density at radius 3 is 2.62 bits per heavy atom. The number of nitrogens with zero attached hydrogens (tertiary/aromatic N) is 5. The van der Waals surface area contributed by atoms with Gasteiger partial charge in [-0.1, -0.05) is 31.7 Å². The fraction of sp³-hybridized carbons (Fsp3) is 0.323. The lowest BCUT2D eigenvalue weighted by atomic mass is 10.1. The number of amidine groups is 1. The SMILES string of the molecule is C=CN(C(=NC)c1cccc(N/C(=C/CC)c2cc(-c3ccc(N4CCCC4)nc3)ccn2)c1)C1CC1. The second-order valence-electron chi connectivity index (χ2n) is 9.63. The molecule has 0 unspecified atom stereocenters. The van der Waals surface area contributed by atoms with Crippen LogP contribution in [-0.2, 0) is 0 Å². The van der Waals surface area contributed by atoms with Crippen LogP contribution in [0.15, 0.2) is 84.8 Å². The van der Waals surface area contributed by atoms with Crippen molar-refractivity contribution in [3.63, 3.8) is 0 Å². The van der Waals surface area contributed by atoms with Crippen LogP contribution in [-0.4, -0.2) is 46.9 Å². The van der Waals surface area contributed by atoms with Crippen LogP contribution < -0.4 is 10.2 Å². The van der Waals surface area contributed by atoms with Crippen LogP contribution in [0.1, 0.15) is 50.3 Å². The third-order valence-electron chi connectivity index (χ3n) is 6.95. The molecule has 1 aliphatic carbocycles. The van der Waals surface area contributed by atoms with E-state index in [1.165, 1.54) is 25.7 Å². The number of aliphatic imine (C=N–C) groups is 1. The van der Waals surface area contributed by atoms with E-state index in [1.807, 2.05) is 31.7 Å². The van der Waals surface area contributed by atoms with Crippen molar-refractivity contribution in [2.75, 3.05) is 30.4 Å². The van der Waals surface area contributed by atoms with Crippen LogP contribution in [0.5, 0.6) is 0 Å². The maximum atomic E-state index is 4.74. The van der Waals surface area contributed by atoms with Gasteiger partial charge in [0.2, 0.25) is 0 Å². The van der Waals surface area contributed by atoms with Crippen LogP contribution in [0, 0.1) is 0 Å². The standard InChI is InChI=1S/C31H36N6/c1-4-9-28(35-26-11-8-10-24(20-26)31(32-3)37(5-2)27-13-14-27)29-21-23(16-17-33-29)25-12-15-30(34-22-25)36-18-6-7-19-36/h5,8-12,15-17,20-22,27,35H,2,4,6-7,13-14,18-19H2,1,3H3/b28-9+,32-31?. The summed E-state index contributed by atoms with van der Waals surface area (Å²) in [5.41, 5.74) is 6.17. The largest absolute Gasteiger partial charge is 0.357 e. The Bertz CT molecular complexity index is 1280. The first-order chi connectivity index (χ1) is 18.2. The highest BCUT2D eigenvalue weighted by Crippen LogP contribution is 2.30. The monoisotopic (exact) mass is 492 g/mol. The van der Waals surface area contributed by atoms with Crippen molar-refractivity contribution in [3.8, 4) is 11.1 Å². The van der Waals surface area contributed by atoms with E-state index in [0.717, 1.165) is 64.9 Å². The number of benzene rings is 1. The molecule has 0 amide bonds. The molecule has 0 spiro atoms. The molecule has 1 N–H and O–H groups in total. The second kappa shape index (κ2) is 11.4. The molecule has 1 aromatic carbocycles. The van der Waals surface area contributed by atoms with E-state index in [2.05, 4.69) is 82.2 Å². The summed E-state index contributed by atoms with van der Waals surface area (Å²) >= 11 is 0. The molecule has 5 rings (SSSR count). The summed E-state index contributed by atoms with van der Waals surface area (Å²) in [6, 6.07) is 17.4. The average molecular weight is 493 g/mol. The van der Waals surface area contributed by atoms with Gasteiger partial charge in [0.25, 0.3) is 0 Å². The summed E-state index contributed by atoms with van der Waals surface area (Å²) in [4.78, 5) is 18.6. The highest BCUT2D eigenvalue weighted by atomic mass is 15.2. The third kappa shape index (κ3) is 5.74. The number of hydrogen-bond donors (Lipinski definition) is 1. The van der Waals surface area contributed by atoms with Gasteiger partial charge < -0.3 is 15.1 Å². The molecule has 6 heteroatoms. The molecule has 1 saturated heterocycles. The van der Waals surface area contributed by atoms with E-state index in [1.54, 1.807) is 0 Å². The van der Waals surface area contributed by atoms with E-state index in [-0.39, 0.29) is 0 Å². The molecule has 6 nitrogen and oxygen atoms in total. The minimum absolute atomic E-state index is 0.509. The lowest BCUT2D eigenvalue weighted by molar-refractivity contribution is 0.548. The number of nitrogens with one attached hydrogen (secondary N) is 1. The molecule has 3 heterocycles. The van der Waals surface area contributed by atoms with E-state index >= 15 is 0 Å². The molecule has 2 fully saturated rings. The fourth-order valence-corrected chi connectivity index (χ4v) is 4.92. The Kier molecular flexibility index (Phi) is 7.64. The van der Waals surface area contributed by atoms with Crippen molar-refractivity contribution < 1.29 is 0 Å². The zero-order valence-electron chi connectivity index (χ0n) is 21.9. The first kappa shape index (κ1) is 24.8. The molecule has 0 radical (unpaired) electrons. The molecular weight excluding hydrogens is 456 g/mol. The summed E-state index contributed by atoms with van der Waals surface area (Å²) in [6.45, 7) is 8.35. The summed E-state index contributed by atoms with van der Waals surface area (Å²) in [6.07, 6.45) is 13.7. The molecule has 190 valence electrons. The van der Waals surface area contributed by atoms with Gasteiger partial charge in [0.1, 0.15) is 11.7 Å². The minimum Gasteiger partial charge on any atom is -0.357 e. The Morgan fingerprint density at radius 1 is 1.11 bits per heavy atom. The predicted octanol–water partition coefficient (Wildman–Crippen LogP) is 6.59. The number of allylic oxidation sites excluding steroid dienone is 1. The first-order valence-electron chi connectivity index (χ1n) is 13.3. The third-order valence-corrected chi connectivity index (χ3v) is 6.95. The van der Waals surface area contributed by atoms with Crippen LogP contribution in [0.25, 0.3) is 16.8 Å². The molecular formula is C31H36N6. The van der Waals surface area contributed by atoms with Crippen LogP contribution in [0.4, 0.5) is 11.5 Å². The highest BCUT2D eigenvalue weighted by molar-refractivity contribution is 6.00. The van der Waals surface area contributed by atoms with Crippen LogP contribution >= 0.6 is 0 Å². The molecule has 37 heavy (non-hydrogen) atoms. The quantitative estimate of drug-likeness (QED) is 0.270. The molecule has 0 atom stereocenters. The molecule has 3 aromatic rings. The van der Waals surface area contributed by atoms with E-state index < -0.39 is 0 Å². The molecule has 1 aliphatic heterocycles. The van der Waals surface area contributed by atoms with Gasteiger partial charge in [-0.15, -0.1) is 0 Å². The molecule has 2 aliphatic rings. The van der Waals surface area contributed by atoms with Gasteiger partial charge in [-0.2, -0.15) is 0 Å². The molecule has 2 aromatic heterocycles.